The number of carbonyl (C=O) groups excluding carboxylic acids is 2. The predicted molar refractivity (Wildman–Crippen MR) is 92.1 cm³/mol. The lowest BCUT2D eigenvalue weighted by Gasteiger charge is -2.10. The third-order valence-corrected chi connectivity index (χ3v) is 4.93. The van der Waals surface area contributed by atoms with Crippen LogP contribution in [-0.4, -0.2) is 23.3 Å². The Labute approximate surface area is 146 Å². The van der Waals surface area contributed by atoms with Crippen LogP contribution in [0.2, 0.25) is 0 Å². The highest BCUT2D eigenvalue weighted by atomic mass is 32.2. The van der Waals surface area contributed by atoms with E-state index in [0.717, 1.165) is 23.9 Å². The zero-order chi connectivity index (χ0) is 17.5. The van der Waals surface area contributed by atoms with Crippen LogP contribution in [0.25, 0.3) is 0 Å². The van der Waals surface area contributed by atoms with Crippen LogP contribution in [0.3, 0.4) is 0 Å². The Kier molecular flexibility index (Phi) is 6.62. The molecule has 0 unspecified atom stereocenters. The molecule has 0 aliphatic heterocycles. The molecule has 0 saturated carbocycles. The summed E-state index contributed by atoms with van der Waals surface area (Å²) in [5, 5.41) is 2.71. The van der Waals surface area contributed by atoms with Gasteiger partial charge in [0.2, 0.25) is 11.8 Å². The van der Waals surface area contributed by atoms with Gasteiger partial charge in [0.25, 0.3) is 0 Å². The highest BCUT2D eigenvalue weighted by molar-refractivity contribution is 8.00. The fourth-order valence-electron chi connectivity index (χ4n) is 1.77. The van der Waals surface area contributed by atoms with E-state index in [1.54, 1.807) is 24.3 Å². The van der Waals surface area contributed by atoms with E-state index in [4.69, 9.17) is 5.73 Å². The Morgan fingerprint density at radius 2 is 1.71 bits per heavy atom. The van der Waals surface area contributed by atoms with Gasteiger partial charge in [-0.1, -0.05) is 12.1 Å². The highest BCUT2D eigenvalue weighted by Crippen LogP contribution is 2.27. The topological polar surface area (TPSA) is 72.2 Å². The van der Waals surface area contributed by atoms with Gasteiger partial charge in [0, 0.05) is 15.9 Å². The number of amides is 2. The van der Waals surface area contributed by atoms with Gasteiger partial charge in [-0.25, -0.2) is 8.78 Å². The van der Waals surface area contributed by atoms with Gasteiger partial charge in [-0.15, -0.1) is 23.5 Å². The summed E-state index contributed by atoms with van der Waals surface area (Å²) in [5.74, 6) is -2.09. The van der Waals surface area contributed by atoms with E-state index in [9.17, 15) is 18.4 Å². The Balaban J connectivity index is 1.96. The van der Waals surface area contributed by atoms with E-state index >= 15 is 0 Å². The first-order valence-electron chi connectivity index (χ1n) is 6.83. The number of nitrogens with one attached hydrogen (secondary N) is 1. The van der Waals surface area contributed by atoms with Crippen molar-refractivity contribution in [3.05, 3.63) is 54.1 Å². The van der Waals surface area contributed by atoms with Crippen molar-refractivity contribution in [1.29, 1.82) is 0 Å². The van der Waals surface area contributed by atoms with Crippen LogP contribution >= 0.6 is 23.5 Å². The van der Waals surface area contributed by atoms with E-state index in [1.165, 1.54) is 17.8 Å². The SMILES string of the molecule is NC(=O)CSc1ccccc1NC(=O)CSc1ccc(F)cc1F. The standard InChI is InChI=1S/C16H14F2N2O2S2/c17-10-5-6-13(11(18)7-10)24-9-16(22)20-12-3-1-2-4-14(12)23-8-15(19)21/h1-7H,8-9H2,(H2,19,21)(H,20,22). The minimum atomic E-state index is -0.704. The number of para-hydroxylation sites is 1. The van der Waals surface area contributed by atoms with Gasteiger partial charge in [-0.2, -0.15) is 0 Å². The molecular formula is C16H14F2N2O2S2. The number of halogens is 2. The van der Waals surface area contributed by atoms with E-state index in [1.807, 2.05) is 0 Å². The van der Waals surface area contributed by atoms with Crippen molar-refractivity contribution in [2.24, 2.45) is 5.73 Å². The Morgan fingerprint density at radius 3 is 2.42 bits per heavy atom. The quantitative estimate of drug-likeness (QED) is 0.736. The lowest BCUT2D eigenvalue weighted by Crippen LogP contribution is -2.16. The van der Waals surface area contributed by atoms with Gasteiger partial charge < -0.3 is 11.1 Å². The van der Waals surface area contributed by atoms with Gasteiger partial charge in [0.1, 0.15) is 11.6 Å². The largest absolute Gasteiger partial charge is 0.369 e. The molecule has 2 aromatic rings. The van der Waals surface area contributed by atoms with Crippen molar-refractivity contribution in [2.75, 3.05) is 16.8 Å². The molecule has 2 rings (SSSR count). The number of nitrogens with two attached hydrogens (primary N) is 1. The predicted octanol–water partition coefficient (Wildman–Crippen LogP) is 3.27. The summed E-state index contributed by atoms with van der Waals surface area (Å²) in [7, 11) is 0. The van der Waals surface area contributed by atoms with Crippen LogP contribution in [-0.2, 0) is 9.59 Å². The normalized spacial score (nSPS) is 10.4. The van der Waals surface area contributed by atoms with Gasteiger partial charge >= 0.3 is 0 Å². The van der Waals surface area contributed by atoms with Crippen LogP contribution < -0.4 is 11.1 Å². The number of thioether (sulfide) groups is 2. The Morgan fingerprint density at radius 1 is 1.00 bits per heavy atom. The molecule has 0 aliphatic carbocycles. The van der Waals surface area contributed by atoms with Crippen molar-refractivity contribution >= 4 is 41.0 Å². The zero-order valence-corrected chi connectivity index (χ0v) is 14.1. The van der Waals surface area contributed by atoms with Crippen LogP contribution in [0.4, 0.5) is 14.5 Å². The minimum Gasteiger partial charge on any atom is -0.369 e. The van der Waals surface area contributed by atoms with Crippen molar-refractivity contribution in [2.45, 2.75) is 9.79 Å². The minimum absolute atomic E-state index is 0.0304. The van der Waals surface area contributed by atoms with Gasteiger partial charge in [-0.05, 0) is 24.3 Å². The van der Waals surface area contributed by atoms with Crippen molar-refractivity contribution in [3.63, 3.8) is 0 Å². The number of benzene rings is 2. The molecule has 0 atom stereocenters. The summed E-state index contributed by atoms with van der Waals surface area (Å²) in [5.41, 5.74) is 5.67. The van der Waals surface area contributed by atoms with Crippen LogP contribution in [0.5, 0.6) is 0 Å². The number of carbonyl (C=O) groups is 2. The third kappa shape index (κ3) is 5.54. The first-order chi connectivity index (χ1) is 11.5. The number of primary amides is 1. The van der Waals surface area contributed by atoms with Gasteiger partial charge in [0.05, 0.1) is 17.2 Å². The molecule has 0 fully saturated rings. The number of hydrogen-bond donors (Lipinski definition) is 2. The number of rotatable bonds is 7. The molecule has 2 amide bonds. The maximum atomic E-state index is 13.5. The maximum absolute atomic E-state index is 13.5. The molecule has 0 spiro atoms. The molecule has 0 bridgehead atoms. The van der Waals surface area contributed by atoms with E-state index in [-0.39, 0.29) is 22.3 Å². The van der Waals surface area contributed by atoms with Gasteiger partial charge in [-0.3, -0.25) is 9.59 Å². The van der Waals surface area contributed by atoms with Crippen molar-refractivity contribution in [1.82, 2.24) is 0 Å². The zero-order valence-electron chi connectivity index (χ0n) is 12.4. The fourth-order valence-corrected chi connectivity index (χ4v) is 3.23. The average Bonchev–Trinajstić information content (AvgIpc) is 2.53. The third-order valence-electron chi connectivity index (χ3n) is 2.78. The van der Waals surface area contributed by atoms with Crippen LogP contribution in [0, 0.1) is 11.6 Å². The fraction of sp³-hybridized carbons (Fsp3) is 0.125. The number of anilines is 1. The highest BCUT2D eigenvalue weighted by Gasteiger charge is 2.11. The van der Waals surface area contributed by atoms with Crippen molar-refractivity contribution in [3.8, 4) is 0 Å². The van der Waals surface area contributed by atoms with Crippen molar-refractivity contribution < 1.29 is 18.4 Å². The second-order valence-electron chi connectivity index (χ2n) is 4.66. The van der Waals surface area contributed by atoms with Crippen LogP contribution in [0.1, 0.15) is 0 Å². The Hall–Kier alpha value is -2.06. The first kappa shape index (κ1) is 18.3. The Bertz CT molecular complexity index is 757. The summed E-state index contributed by atoms with van der Waals surface area (Å²) in [6.07, 6.45) is 0. The molecule has 24 heavy (non-hydrogen) atoms. The molecule has 0 aromatic heterocycles. The summed E-state index contributed by atoms with van der Waals surface area (Å²) in [6.45, 7) is 0. The van der Waals surface area contributed by atoms with E-state index < -0.39 is 17.5 Å². The average molecular weight is 368 g/mol. The summed E-state index contributed by atoms with van der Waals surface area (Å²) < 4.78 is 26.4. The molecule has 0 aliphatic rings. The molecular weight excluding hydrogens is 354 g/mol. The molecule has 4 nitrogen and oxygen atoms in total. The summed E-state index contributed by atoms with van der Waals surface area (Å²) >= 11 is 2.19. The summed E-state index contributed by atoms with van der Waals surface area (Å²) in [4.78, 5) is 23.8. The lowest BCUT2D eigenvalue weighted by atomic mass is 10.3. The summed E-state index contributed by atoms with van der Waals surface area (Å²) in [6, 6.07) is 10.2. The van der Waals surface area contributed by atoms with Crippen LogP contribution in [0.15, 0.2) is 52.3 Å². The molecule has 126 valence electrons. The molecule has 0 radical (unpaired) electrons. The first-order valence-corrected chi connectivity index (χ1v) is 8.80. The second kappa shape index (κ2) is 8.70. The lowest BCUT2D eigenvalue weighted by molar-refractivity contribution is -0.115. The monoisotopic (exact) mass is 368 g/mol. The molecule has 8 heteroatoms. The van der Waals surface area contributed by atoms with E-state index in [0.29, 0.717) is 10.6 Å². The molecule has 0 heterocycles. The molecule has 0 saturated heterocycles. The maximum Gasteiger partial charge on any atom is 0.234 e. The van der Waals surface area contributed by atoms with Gasteiger partial charge in [0.15, 0.2) is 0 Å². The second-order valence-corrected chi connectivity index (χ2v) is 6.70. The molecule has 2 aromatic carbocycles. The molecule has 3 N–H and O–H groups in total. The number of hydrogen-bond acceptors (Lipinski definition) is 4. The smallest absolute Gasteiger partial charge is 0.234 e. The van der Waals surface area contributed by atoms with E-state index in [2.05, 4.69) is 5.32 Å².